The standard InChI is InChI=1S/C24H18N2O4S/c1-15-8-13-20(16(2)14-15)25-23(27)21(17-9-11-18(12-10-17)26(29)30)22(24(25)28)31-19-6-4-3-5-7-19/h3-14H,1-2H3. The first kappa shape index (κ1) is 20.6. The van der Waals surface area contributed by atoms with Gasteiger partial charge in [-0.1, -0.05) is 47.7 Å². The molecular formula is C24H18N2O4S. The third kappa shape index (κ3) is 3.87. The topological polar surface area (TPSA) is 80.5 Å². The summed E-state index contributed by atoms with van der Waals surface area (Å²) in [5.41, 5.74) is 3.01. The number of nitrogens with zero attached hydrogens (tertiary/aromatic N) is 2. The second-order valence-electron chi connectivity index (χ2n) is 7.16. The fraction of sp³-hybridized carbons (Fsp3) is 0.0833. The zero-order valence-corrected chi connectivity index (χ0v) is 17.7. The van der Waals surface area contributed by atoms with Gasteiger partial charge in [0.25, 0.3) is 17.5 Å². The van der Waals surface area contributed by atoms with Crippen LogP contribution in [0.1, 0.15) is 16.7 Å². The van der Waals surface area contributed by atoms with Gasteiger partial charge in [-0.25, -0.2) is 4.90 Å². The number of aryl methyl sites for hydroxylation is 2. The molecule has 1 heterocycles. The summed E-state index contributed by atoms with van der Waals surface area (Å²) in [5, 5.41) is 11.0. The van der Waals surface area contributed by atoms with Crippen LogP contribution in [0, 0.1) is 24.0 Å². The van der Waals surface area contributed by atoms with E-state index in [1.54, 1.807) is 6.07 Å². The Hall–Kier alpha value is -3.71. The lowest BCUT2D eigenvalue weighted by Gasteiger charge is -2.18. The van der Waals surface area contributed by atoms with Crippen molar-refractivity contribution < 1.29 is 14.5 Å². The largest absolute Gasteiger partial charge is 0.272 e. The average Bonchev–Trinajstić information content (AvgIpc) is 2.99. The monoisotopic (exact) mass is 430 g/mol. The van der Waals surface area contributed by atoms with Crippen LogP contribution >= 0.6 is 11.8 Å². The van der Waals surface area contributed by atoms with Crippen molar-refractivity contribution in [2.45, 2.75) is 18.7 Å². The van der Waals surface area contributed by atoms with Crippen LogP contribution in [0.15, 0.2) is 82.6 Å². The lowest BCUT2D eigenvalue weighted by molar-refractivity contribution is -0.384. The van der Waals surface area contributed by atoms with Gasteiger partial charge in [-0.05, 0) is 55.3 Å². The van der Waals surface area contributed by atoms with Crippen LogP contribution < -0.4 is 4.90 Å². The van der Waals surface area contributed by atoms with Crippen LogP contribution in [0.4, 0.5) is 11.4 Å². The van der Waals surface area contributed by atoms with Gasteiger partial charge in [0.1, 0.15) is 0 Å². The first-order valence-corrected chi connectivity index (χ1v) is 10.4. The van der Waals surface area contributed by atoms with Gasteiger partial charge >= 0.3 is 0 Å². The summed E-state index contributed by atoms with van der Waals surface area (Å²) in [6.45, 7) is 3.80. The van der Waals surface area contributed by atoms with Gasteiger partial charge in [0.15, 0.2) is 0 Å². The van der Waals surface area contributed by atoms with E-state index in [9.17, 15) is 19.7 Å². The zero-order chi connectivity index (χ0) is 22.1. The lowest BCUT2D eigenvalue weighted by Crippen LogP contribution is -2.31. The highest BCUT2D eigenvalue weighted by molar-refractivity contribution is 8.04. The minimum Gasteiger partial charge on any atom is -0.268 e. The van der Waals surface area contributed by atoms with Crippen LogP contribution in [-0.2, 0) is 9.59 Å². The van der Waals surface area contributed by atoms with E-state index in [1.807, 2.05) is 56.3 Å². The molecule has 0 N–H and O–H groups in total. The summed E-state index contributed by atoms with van der Waals surface area (Å²) in [7, 11) is 0. The molecule has 0 bridgehead atoms. The number of hydrogen-bond acceptors (Lipinski definition) is 5. The van der Waals surface area contributed by atoms with Gasteiger partial charge in [0.05, 0.1) is 21.1 Å². The molecule has 2 amide bonds. The number of amides is 2. The van der Waals surface area contributed by atoms with E-state index in [4.69, 9.17) is 0 Å². The molecule has 1 aliphatic heterocycles. The van der Waals surface area contributed by atoms with Gasteiger partial charge in [-0.3, -0.25) is 19.7 Å². The Morgan fingerprint density at radius 2 is 1.55 bits per heavy atom. The van der Waals surface area contributed by atoms with Crippen molar-refractivity contribution in [3.05, 3.63) is 105 Å². The van der Waals surface area contributed by atoms with E-state index >= 15 is 0 Å². The molecule has 0 radical (unpaired) electrons. The molecule has 0 unspecified atom stereocenters. The summed E-state index contributed by atoms with van der Waals surface area (Å²) in [6.07, 6.45) is 0. The number of imide groups is 1. The van der Waals surface area contributed by atoms with Crippen molar-refractivity contribution in [3.63, 3.8) is 0 Å². The van der Waals surface area contributed by atoms with Crippen LogP contribution in [0.3, 0.4) is 0 Å². The number of rotatable bonds is 5. The number of non-ortho nitro benzene ring substituents is 1. The van der Waals surface area contributed by atoms with Crippen molar-refractivity contribution in [1.29, 1.82) is 0 Å². The Morgan fingerprint density at radius 3 is 2.16 bits per heavy atom. The molecule has 0 atom stereocenters. The maximum atomic E-state index is 13.5. The van der Waals surface area contributed by atoms with Gasteiger partial charge in [-0.15, -0.1) is 0 Å². The minimum absolute atomic E-state index is 0.0791. The summed E-state index contributed by atoms with van der Waals surface area (Å²) in [6, 6.07) is 20.6. The maximum Gasteiger partial charge on any atom is 0.272 e. The smallest absolute Gasteiger partial charge is 0.268 e. The Bertz CT molecular complexity index is 1230. The lowest BCUT2D eigenvalue weighted by atomic mass is 10.1. The Kier molecular flexibility index (Phi) is 5.44. The molecule has 0 fully saturated rings. The molecule has 0 aromatic heterocycles. The van der Waals surface area contributed by atoms with E-state index in [2.05, 4.69) is 0 Å². The number of carbonyl (C=O) groups is 2. The molecule has 154 valence electrons. The normalized spacial score (nSPS) is 13.8. The SMILES string of the molecule is Cc1ccc(N2C(=O)C(Sc3ccccc3)=C(c3ccc([N+](=O)[O-])cc3)C2=O)c(C)c1. The van der Waals surface area contributed by atoms with Crippen LogP contribution in [0.25, 0.3) is 5.57 Å². The summed E-state index contributed by atoms with van der Waals surface area (Å²) >= 11 is 1.22. The summed E-state index contributed by atoms with van der Waals surface area (Å²) in [4.78, 5) is 39.7. The molecule has 3 aromatic carbocycles. The maximum absolute atomic E-state index is 13.5. The third-order valence-electron chi connectivity index (χ3n) is 4.96. The number of benzene rings is 3. The van der Waals surface area contributed by atoms with E-state index in [0.717, 1.165) is 16.0 Å². The zero-order valence-electron chi connectivity index (χ0n) is 16.9. The van der Waals surface area contributed by atoms with E-state index < -0.39 is 16.7 Å². The molecule has 3 aromatic rings. The Balaban J connectivity index is 1.83. The van der Waals surface area contributed by atoms with Crippen LogP contribution in [-0.4, -0.2) is 16.7 Å². The first-order chi connectivity index (χ1) is 14.9. The quantitative estimate of drug-likeness (QED) is 0.312. The molecular weight excluding hydrogens is 412 g/mol. The van der Waals surface area contributed by atoms with Crippen molar-refractivity contribution >= 4 is 40.5 Å². The highest BCUT2D eigenvalue weighted by Crippen LogP contribution is 2.42. The van der Waals surface area contributed by atoms with Crippen molar-refractivity contribution in [3.8, 4) is 0 Å². The number of hydrogen-bond donors (Lipinski definition) is 0. The van der Waals surface area contributed by atoms with Gasteiger partial charge in [0, 0.05) is 17.0 Å². The number of nitro benzene ring substituents is 1. The van der Waals surface area contributed by atoms with Crippen LogP contribution in [0.2, 0.25) is 0 Å². The third-order valence-corrected chi connectivity index (χ3v) is 6.06. The summed E-state index contributed by atoms with van der Waals surface area (Å²) in [5.74, 6) is -0.844. The average molecular weight is 430 g/mol. The van der Waals surface area contributed by atoms with Gasteiger partial charge in [0.2, 0.25) is 0 Å². The molecule has 0 saturated carbocycles. The van der Waals surface area contributed by atoms with E-state index in [-0.39, 0.29) is 11.3 Å². The second-order valence-corrected chi connectivity index (χ2v) is 8.24. The minimum atomic E-state index is -0.499. The number of nitro groups is 1. The molecule has 0 saturated heterocycles. The molecule has 1 aliphatic rings. The highest BCUT2D eigenvalue weighted by atomic mass is 32.2. The van der Waals surface area contributed by atoms with E-state index in [1.165, 1.54) is 40.9 Å². The molecule has 4 rings (SSSR count). The number of thioether (sulfide) groups is 1. The molecule has 0 aliphatic carbocycles. The molecule has 7 heteroatoms. The van der Waals surface area contributed by atoms with Crippen LogP contribution in [0.5, 0.6) is 0 Å². The fourth-order valence-corrected chi connectivity index (χ4v) is 4.50. The number of anilines is 1. The first-order valence-electron chi connectivity index (χ1n) is 9.55. The predicted molar refractivity (Wildman–Crippen MR) is 121 cm³/mol. The molecule has 0 spiro atoms. The van der Waals surface area contributed by atoms with Crippen molar-refractivity contribution in [2.24, 2.45) is 0 Å². The fourth-order valence-electron chi connectivity index (χ4n) is 3.49. The number of carbonyl (C=O) groups excluding carboxylic acids is 2. The predicted octanol–water partition coefficient (Wildman–Crippen LogP) is 5.29. The second kappa shape index (κ2) is 8.20. The Morgan fingerprint density at radius 1 is 0.871 bits per heavy atom. The molecule has 31 heavy (non-hydrogen) atoms. The van der Waals surface area contributed by atoms with Gasteiger partial charge in [-0.2, -0.15) is 0 Å². The van der Waals surface area contributed by atoms with Gasteiger partial charge < -0.3 is 0 Å². The van der Waals surface area contributed by atoms with E-state index in [0.29, 0.717) is 16.2 Å². The highest BCUT2D eigenvalue weighted by Gasteiger charge is 2.41. The van der Waals surface area contributed by atoms with Crippen molar-refractivity contribution in [1.82, 2.24) is 0 Å². The Labute approximate surface area is 183 Å². The molecule has 6 nitrogen and oxygen atoms in total. The summed E-state index contributed by atoms with van der Waals surface area (Å²) < 4.78 is 0. The van der Waals surface area contributed by atoms with Crippen molar-refractivity contribution in [2.75, 3.05) is 4.90 Å².